The van der Waals surface area contributed by atoms with Gasteiger partial charge in [0.1, 0.15) is 11.4 Å². The maximum absolute atomic E-state index is 14.2. The molecule has 2 saturated heterocycles. The second kappa shape index (κ2) is 23.9. The van der Waals surface area contributed by atoms with Crippen molar-refractivity contribution in [3.8, 4) is 5.75 Å². The van der Waals surface area contributed by atoms with Crippen molar-refractivity contribution in [1.29, 1.82) is 0 Å². The molecule has 2 aliphatic heterocycles. The van der Waals surface area contributed by atoms with Gasteiger partial charge in [0, 0.05) is 68.6 Å². The minimum atomic E-state index is -1.14. The molecule has 0 bridgehead atoms. The Morgan fingerprint density at radius 1 is 0.705 bits per heavy atom. The van der Waals surface area contributed by atoms with Gasteiger partial charge < -0.3 is 48.0 Å². The van der Waals surface area contributed by atoms with Crippen molar-refractivity contribution in [3.05, 3.63) is 94.5 Å². The first-order valence-electron chi connectivity index (χ1n) is 21.5. The summed E-state index contributed by atoms with van der Waals surface area (Å²) in [5, 5.41) is 0. The molecule has 334 valence electrons. The second-order valence-electron chi connectivity index (χ2n) is 16.9. The van der Waals surface area contributed by atoms with E-state index in [1.807, 2.05) is 105 Å². The van der Waals surface area contributed by atoms with Crippen molar-refractivity contribution >= 4 is 39.5 Å². The summed E-state index contributed by atoms with van der Waals surface area (Å²) in [7, 11) is 0. The molecule has 14 heteroatoms. The molecule has 2 heterocycles. The Bertz CT molecular complexity index is 1800. The van der Waals surface area contributed by atoms with Crippen LogP contribution >= 0.6 is 15.9 Å². The number of benzene rings is 3. The normalized spacial score (nSPS) is 16.0. The zero-order chi connectivity index (χ0) is 43.7. The second-order valence-corrected chi connectivity index (χ2v) is 17.8. The maximum Gasteiger partial charge on any atom is 0.410 e. The van der Waals surface area contributed by atoms with Gasteiger partial charge in [-0.1, -0.05) is 64.5 Å². The first-order chi connectivity index (χ1) is 29.3. The monoisotopic (exact) mass is 908 g/mol. The van der Waals surface area contributed by atoms with Gasteiger partial charge >= 0.3 is 6.09 Å². The Morgan fingerprint density at radius 2 is 1.33 bits per heavy atom. The van der Waals surface area contributed by atoms with E-state index in [1.54, 1.807) is 23.6 Å². The van der Waals surface area contributed by atoms with E-state index in [-0.39, 0.29) is 23.8 Å². The number of piperidine rings is 1. The molecule has 5 rings (SSSR count). The first-order valence-corrected chi connectivity index (χ1v) is 22.3. The SMILES string of the molecule is CC(C)(C)OC(=O)N1CCN(C(=O)C(C)(C)Oc2cccc(N3CCC[C@@H](C(=O)N(CCOCCOCCOCCOCc4ccccc4)Cc4ccc(Br)cc4)C3)c2)CC1. The molecule has 0 radical (unpaired) electrons. The number of nitrogens with zero attached hydrogens (tertiary/aromatic N) is 4. The van der Waals surface area contributed by atoms with Gasteiger partial charge in [-0.3, -0.25) is 9.59 Å². The highest BCUT2D eigenvalue weighted by molar-refractivity contribution is 9.10. The summed E-state index contributed by atoms with van der Waals surface area (Å²) >= 11 is 3.52. The number of anilines is 1. The van der Waals surface area contributed by atoms with Crippen molar-refractivity contribution in [2.75, 3.05) is 97.0 Å². The summed E-state index contributed by atoms with van der Waals surface area (Å²) in [5.41, 5.74) is 1.41. The molecular weight excluding hydrogens is 844 g/mol. The number of rotatable bonds is 21. The third kappa shape index (κ3) is 16.2. The number of ether oxygens (including phenoxy) is 6. The first kappa shape index (κ1) is 47.8. The average molecular weight is 910 g/mol. The van der Waals surface area contributed by atoms with Gasteiger partial charge in [0.25, 0.3) is 5.91 Å². The lowest BCUT2D eigenvalue weighted by molar-refractivity contribution is -0.147. The number of piperazine rings is 1. The Morgan fingerprint density at radius 3 is 1.98 bits per heavy atom. The summed E-state index contributed by atoms with van der Waals surface area (Å²) in [4.78, 5) is 48.0. The maximum atomic E-state index is 14.2. The lowest BCUT2D eigenvalue weighted by Crippen LogP contribution is -2.57. The van der Waals surface area contributed by atoms with E-state index >= 15 is 0 Å². The molecule has 0 spiro atoms. The van der Waals surface area contributed by atoms with E-state index in [0.717, 1.165) is 40.7 Å². The van der Waals surface area contributed by atoms with E-state index < -0.39 is 11.2 Å². The van der Waals surface area contributed by atoms with Crippen LogP contribution in [0.4, 0.5) is 10.5 Å². The van der Waals surface area contributed by atoms with Crippen LogP contribution in [-0.4, -0.2) is 136 Å². The lowest BCUT2D eigenvalue weighted by atomic mass is 9.95. The van der Waals surface area contributed by atoms with Crippen molar-refractivity contribution in [2.45, 2.75) is 71.8 Å². The Balaban J connectivity index is 1.07. The van der Waals surface area contributed by atoms with Crippen LogP contribution in [0, 0.1) is 5.92 Å². The van der Waals surface area contributed by atoms with E-state index in [0.29, 0.717) is 104 Å². The molecule has 2 aliphatic rings. The number of halogens is 1. The van der Waals surface area contributed by atoms with Crippen molar-refractivity contribution in [2.24, 2.45) is 5.92 Å². The Labute approximate surface area is 370 Å². The van der Waals surface area contributed by atoms with E-state index in [9.17, 15) is 14.4 Å². The van der Waals surface area contributed by atoms with Gasteiger partial charge in [-0.15, -0.1) is 0 Å². The fraction of sp³-hybridized carbons (Fsp3) is 0.553. The molecule has 13 nitrogen and oxygen atoms in total. The minimum absolute atomic E-state index is 0.100. The van der Waals surface area contributed by atoms with Crippen molar-refractivity contribution in [1.82, 2.24) is 14.7 Å². The third-order valence-corrected chi connectivity index (χ3v) is 10.9. The van der Waals surface area contributed by atoms with Gasteiger partial charge in [0.05, 0.1) is 58.8 Å². The molecule has 0 aromatic heterocycles. The fourth-order valence-electron chi connectivity index (χ4n) is 7.23. The molecular formula is C47H65BrN4O9. The molecule has 0 aliphatic carbocycles. The molecule has 3 aromatic carbocycles. The Hall–Kier alpha value is -4.21. The molecule has 0 saturated carbocycles. The molecule has 0 N–H and O–H groups in total. The topological polar surface area (TPSA) is 120 Å². The molecule has 2 fully saturated rings. The number of carbonyl (C=O) groups excluding carboxylic acids is 3. The van der Waals surface area contributed by atoms with E-state index in [1.165, 1.54) is 0 Å². The molecule has 1 atom stereocenters. The van der Waals surface area contributed by atoms with Crippen LogP contribution in [0.15, 0.2) is 83.3 Å². The van der Waals surface area contributed by atoms with E-state index in [4.69, 9.17) is 28.4 Å². The number of hydrogen-bond acceptors (Lipinski definition) is 10. The summed E-state index contributed by atoms with van der Waals surface area (Å²) in [6, 6.07) is 25.9. The highest BCUT2D eigenvalue weighted by Gasteiger charge is 2.37. The third-order valence-electron chi connectivity index (χ3n) is 10.4. The van der Waals surface area contributed by atoms with Crippen LogP contribution in [0.1, 0.15) is 58.6 Å². The summed E-state index contributed by atoms with van der Waals surface area (Å²) in [6.45, 7) is 16.8. The van der Waals surface area contributed by atoms with Gasteiger partial charge in [-0.05, 0) is 82.9 Å². The largest absolute Gasteiger partial charge is 0.478 e. The molecule has 3 aromatic rings. The number of amides is 3. The number of hydrogen-bond donors (Lipinski definition) is 0. The molecule has 61 heavy (non-hydrogen) atoms. The lowest BCUT2D eigenvalue weighted by Gasteiger charge is -2.39. The van der Waals surface area contributed by atoms with Crippen molar-refractivity contribution < 1.29 is 42.8 Å². The standard InChI is InChI=1S/C47H65BrN4O9/c1-46(2,3)61-45(55)50-23-21-49(22-24-50)44(54)47(4,5)60-42-15-9-14-41(33-42)51-20-10-13-39(35-51)43(53)52(34-37-16-18-40(48)19-17-37)25-26-56-27-28-57-29-30-58-31-32-59-36-38-11-7-6-8-12-38/h6-9,11-12,14-19,33,39H,10,13,20-32,34-36H2,1-5H3/t39-/m1/s1. The zero-order valence-electron chi connectivity index (χ0n) is 36.7. The zero-order valence-corrected chi connectivity index (χ0v) is 38.2. The molecule has 3 amide bonds. The fourth-order valence-corrected chi connectivity index (χ4v) is 7.49. The Kier molecular flexibility index (Phi) is 18.7. The van der Waals surface area contributed by atoms with Crippen LogP contribution in [0.25, 0.3) is 0 Å². The quantitative estimate of drug-likeness (QED) is 0.102. The summed E-state index contributed by atoms with van der Waals surface area (Å²) < 4.78 is 35.7. The predicted octanol–water partition coefficient (Wildman–Crippen LogP) is 7.20. The van der Waals surface area contributed by atoms with Crippen LogP contribution in [0.3, 0.4) is 0 Å². The van der Waals surface area contributed by atoms with Gasteiger partial charge in [-0.2, -0.15) is 0 Å². The van der Waals surface area contributed by atoms with Crippen molar-refractivity contribution in [3.63, 3.8) is 0 Å². The van der Waals surface area contributed by atoms with Crippen LogP contribution < -0.4 is 9.64 Å². The smallest absolute Gasteiger partial charge is 0.410 e. The van der Waals surface area contributed by atoms with Crippen LogP contribution in [-0.2, 0) is 46.4 Å². The van der Waals surface area contributed by atoms with Crippen LogP contribution in [0.2, 0.25) is 0 Å². The number of carbonyl (C=O) groups is 3. The predicted molar refractivity (Wildman–Crippen MR) is 239 cm³/mol. The summed E-state index contributed by atoms with van der Waals surface area (Å²) in [6.07, 6.45) is 1.29. The van der Waals surface area contributed by atoms with Gasteiger partial charge in [0.2, 0.25) is 5.91 Å². The molecule has 0 unspecified atom stereocenters. The van der Waals surface area contributed by atoms with Gasteiger partial charge in [-0.25, -0.2) is 4.79 Å². The summed E-state index contributed by atoms with van der Waals surface area (Å²) in [5.74, 6) is 0.335. The highest BCUT2D eigenvalue weighted by atomic mass is 79.9. The highest BCUT2D eigenvalue weighted by Crippen LogP contribution is 2.30. The van der Waals surface area contributed by atoms with E-state index in [2.05, 4.69) is 20.8 Å². The average Bonchev–Trinajstić information content (AvgIpc) is 3.25. The van der Waals surface area contributed by atoms with Crippen LogP contribution in [0.5, 0.6) is 5.75 Å². The minimum Gasteiger partial charge on any atom is -0.478 e. The van der Waals surface area contributed by atoms with Gasteiger partial charge in [0.15, 0.2) is 5.60 Å².